The lowest BCUT2D eigenvalue weighted by atomic mass is 10.0. The van der Waals surface area contributed by atoms with Gasteiger partial charge in [-0.05, 0) is 51.4 Å². The maximum atomic E-state index is 12.3. The van der Waals surface area contributed by atoms with Crippen LogP contribution >= 0.6 is 0 Å². The van der Waals surface area contributed by atoms with E-state index in [0.717, 1.165) is 32.1 Å². The predicted octanol–water partition coefficient (Wildman–Crippen LogP) is 11.5. The second-order valence-electron chi connectivity index (χ2n) is 13.0. The summed E-state index contributed by atoms with van der Waals surface area (Å²) in [5.41, 5.74) is 0. The Bertz CT molecular complexity index is 672. The number of nitrogens with one attached hydrogen (secondary N) is 1. The van der Waals surface area contributed by atoms with E-state index in [4.69, 9.17) is 0 Å². The fourth-order valence-electron chi connectivity index (χ4n) is 5.62. The van der Waals surface area contributed by atoms with Crippen LogP contribution in [0.4, 0.5) is 0 Å². The minimum Gasteiger partial charge on any atom is -0.394 e. The molecule has 0 aliphatic rings. The molecule has 0 aromatic rings. The summed E-state index contributed by atoms with van der Waals surface area (Å²) in [7, 11) is 0. The molecule has 0 rings (SSSR count). The van der Waals surface area contributed by atoms with Crippen LogP contribution in [0.5, 0.6) is 0 Å². The number of carbonyl (C=O) groups excluding carboxylic acids is 1. The molecule has 0 aliphatic carbocycles. The lowest BCUT2D eigenvalue weighted by Crippen LogP contribution is -2.45. The van der Waals surface area contributed by atoms with E-state index in [-0.39, 0.29) is 12.5 Å². The normalized spacial score (nSPS) is 13.5. The van der Waals surface area contributed by atoms with Gasteiger partial charge in [0.05, 0.1) is 18.8 Å². The van der Waals surface area contributed by atoms with Gasteiger partial charge in [0.15, 0.2) is 0 Å². The van der Waals surface area contributed by atoms with Crippen molar-refractivity contribution >= 4 is 5.91 Å². The Balaban J connectivity index is 3.48. The first-order valence-corrected chi connectivity index (χ1v) is 19.2. The van der Waals surface area contributed by atoms with E-state index >= 15 is 0 Å². The van der Waals surface area contributed by atoms with Gasteiger partial charge in [-0.1, -0.05) is 172 Å². The molecule has 0 bridgehead atoms. The van der Waals surface area contributed by atoms with Gasteiger partial charge in [-0.3, -0.25) is 4.79 Å². The van der Waals surface area contributed by atoms with Crippen molar-refractivity contribution in [3.63, 3.8) is 0 Å². The van der Waals surface area contributed by atoms with Crippen LogP contribution < -0.4 is 5.32 Å². The molecule has 4 heteroatoms. The zero-order valence-electron chi connectivity index (χ0n) is 29.4. The number of amides is 1. The molecule has 0 aromatic heterocycles. The molecular weight excluding hydrogens is 542 g/mol. The molecule has 0 radical (unpaired) electrons. The lowest BCUT2D eigenvalue weighted by molar-refractivity contribution is -0.123. The highest BCUT2D eigenvalue weighted by Crippen LogP contribution is 2.14. The third-order valence-electron chi connectivity index (χ3n) is 8.62. The van der Waals surface area contributed by atoms with Gasteiger partial charge in [0, 0.05) is 6.42 Å². The third kappa shape index (κ3) is 32.0. The van der Waals surface area contributed by atoms with Crippen LogP contribution in [0, 0.1) is 0 Å². The summed E-state index contributed by atoms with van der Waals surface area (Å²) in [4.78, 5) is 12.3. The summed E-state index contributed by atoms with van der Waals surface area (Å²) < 4.78 is 0. The van der Waals surface area contributed by atoms with E-state index in [1.54, 1.807) is 6.08 Å². The van der Waals surface area contributed by atoms with E-state index in [9.17, 15) is 15.0 Å². The molecule has 0 spiro atoms. The molecule has 0 saturated carbocycles. The number of allylic oxidation sites excluding steroid dienone is 5. The smallest absolute Gasteiger partial charge is 0.220 e. The van der Waals surface area contributed by atoms with Crippen molar-refractivity contribution < 1.29 is 15.0 Å². The summed E-state index contributed by atoms with van der Waals surface area (Å²) >= 11 is 0. The van der Waals surface area contributed by atoms with Gasteiger partial charge in [0.25, 0.3) is 0 Å². The second kappa shape index (κ2) is 36.1. The Morgan fingerprint density at radius 3 is 1.36 bits per heavy atom. The first-order valence-electron chi connectivity index (χ1n) is 19.2. The molecule has 2 unspecified atom stereocenters. The lowest BCUT2D eigenvalue weighted by Gasteiger charge is -2.20. The summed E-state index contributed by atoms with van der Waals surface area (Å²) in [5, 5.41) is 22.7. The quantitative estimate of drug-likeness (QED) is 0.0497. The number of rotatable bonds is 34. The largest absolute Gasteiger partial charge is 0.394 e. The second-order valence-corrected chi connectivity index (χ2v) is 13.0. The van der Waals surface area contributed by atoms with Crippen molar-refractivity contribution in [3.8, 4) is 0 Å². The van der Waals surface area contributed by atoms with E-state index in [2.05, 4.69) is 43.5 Å². The van der Waals surface area contributed by atoms with Crippen LogP contribution in [0.25, 0.3) is 0 Å². The Morgan fingerprint density at radius 2 is 0.932 bits per heavy atom. The summed E-state index contributed by atoms with van der Waals surface area (Å²) in [6.07, 6.45) is 46.8. The van der Waals surface area contributed by atoms with Crippen molar-refractivity contribution in [2.45, 2.75) is 206 Å². The standard InChI is InChI=1S/C40H75NO3/c1-3-5-7-9-11-12-13-14-15-16-17-18-19-20-21-22-23-24-25-26-27-28-30-32-34-36-40(44)41-38(37-42)39(43)35-33-31-29-10-8-6-4-2/h13-14,16-17,33,35,38-39,42-43H,3-12,15,18-32,34,36-37H2,1-2H3,(H,41,44)/b14-13-,17-16-,35-33+. The number of hydrogen-bond donors (Lipinski definition) is 3. The number of carbonyl (C=O) groups is 1. The van der Waals surface area contributed by atoms with E-state index < -0.39 is 12.1 Å². The maximum Gasteiger partial charge on any atom is 0.220 e. The van der Waals surface area contributed by atoms with Gasteiger partial charge in [-0.25, -0.2) is 0 Å². The SMILES string of the molecule is CCCCCCC/C=C\C/C=C\CCCCCCCCCCCCCCCC(=O)NC(CO)C(O)/C=C/CCCCCCC. The Labute approximate surface area is 274 Å². The fourth-order valence-corrected chi connectivity index (χ4v) is 5.62. The average molecular weight is 618 g/mol. The van der Waals surface area contributed by atoms with Crippen LogP contribution in [0.1, 0.15) is 194 Å². The number of unbranched alkanes of at least 4 members (excludes halogenated alkanes) is 23. The summed E-state index contributed by atoms with van der Waals surface area (Å²) in [6.45, 7) is 4.24. The molecule has 258 valence electrons. The van der Waals surface area contributed by atoms with Crippen molar-refractivity contribution in [2.75, 3.05) is 6.61 Å². The van der Waals surface area contributed by atoms with Crippen LogP contribution in [0.3, 0.4) is 0 Å². The molecule has 0 saturated heterocycles. The topological polar surface area (TPSA) is 69.6 Å². The highest BCUT2D eigenvalue weighted by atomic mass is 16.3. The van der Waals surface area contributed by atoms with Gasteiger partial charge >= 0.3 is 0 Å². The predicted molar refractivity (Wildman–Crippen MR) is 193 cm³/mol. The monoisotopic (exact) mass is 618 g/mol. The molecule has 0 aliphatic heterocycles. The van der Waals surface area contributed by atoms with E-state index in [1.807, 2.05) is 6.08 Å². The van der Waals surface area contributed by atoms with Crippen molar-refractivity contribution in [1.29, 1.82) is 0 Å². The first kappa shape index (κ1) is 42.6. The van der Waals surface area contributed by atoms with E-state index in [1.165, 1.54) is 141 Å². The molecule has 0 heterocycles. The minimum atomic E-state index is -0.834. The molecule has 2 atom stereocenters. The van der Waals surface area contributed by atoms with Gasteiger partial charge in [-0.15, -0.1) is 0 Å². The Kier molecular flexibility index (Phi) is 34.9. The zero-order valence-corrected chi connectivity index (χ0v) is 29.4. The zero-order chi connectivity index (χ0) is 32.2. The number of aliphatic hydroxyl groups excluding tert-OH is 2. The Hall–Kier alpha value is -1.39. The van der Waals surface area contributed by atoms with Crippen LogP contribution in [0.15, 0.2) is 36.5 Å². The minimum absolute atomic E-state index is 0.0703. The molecule has 3 N–H and O–H groups in total. The average Bonchev–Trinajstić information content (AvgIpc) is 3.03. The van der Waals surface area contributed by atoms with Gasteiger partial charge in [0.1, 0.15) is 0 Å². The van der Waals surface area contributed by atoms with Gasteiger partial charge in [0.2, 0.25) is 5.91 Å². The molecular formula is C40H75NO3. The molecule has 44 heavy (non-hydrogen) atoms. The van der Waals surface area contributed by atoms with E-state index in [0.29, 0.717) is 6.42 Å². The van der Waals surface area contributed by atoms with Crippen LogP contribution in [0.2, 0.25) is 0 Å². The van der Waals surface area contributed by atoms with Gasteiger partial charge < -0.3 is 15.5 Å². The molecule has 0 fully saturated rings. The van der Waals surface area contributed by atoms with Crippen LogP contribution in [-0.2, 0) is 4.79 Å². The van der Waals surface area contributed by atoms with Crippen molar-refractivity contribution in [3.05, 3.63) is 36.5 Å². The fraction of sp³-hybridized carbons (Fsp3) is 0.825. The number of aliphatic hydroxyl groups is 2. The molecule has 1 amide bonds. The van der Waals surface area contributed by atoms with Gasteiger partial charge in [-0.2, -0.15) is 0 Å². The maximum absolute atomic E-state index is 12.3. The van der Waals surface area contributed by atoms with Crippen LogP contribution in [-0.4, -0.2) is 34.9 Å². The number of hydrogen-bond acceptors (Lipinski definition) is 3. The molecule has 4 nitrogen and oxygen atoms in total. The summed E-state index contributed by atoms with van der Waals surface area (Å²) in [6, 6.07) is -0.618. The summed E-state index contributed by atoms with van der Waals surface area (Å²) in [5.74, 6) is -0.0703. The van der Waals surface area contributed by atoms with Crippen molar-refractivity contribution in [1.82, 2.24) is 5.32 Å². The Morgan fingerprint density at radius 1 is 0.545 bits per heavy atom. The third-order valence-corrected chi connectivity index (χ3v) is 8.62. The molecule has 0 aromatic carbocycles. The van der Waals surface area contributed by atoms with Crippen molar-refractivity contribution in [2.24, 2.45) is 0 Å². The highest BCUT2D eigenvalue weighted by Gasteiger charge is 2.17. The highest BCUT2D eigenvalue weighted by molar-refractivity contribution is 5.76. The first-order chi connectivity index (χ1) is 21.7.